The van der Waals surface area contributed by atoms with Crippen LogP contribution in [-0.4, -0.2) is 26.4 Å². The molecule has 0 saturated heterocycles. The molecule has 100 valence electrons. The highest BCUT2D eigenvalue weighted by Gasteiger charge is 2.40. The summed E-state index contributed by atoms with van der Waals surface area (Å²) in [5.74, 6) is 0.864. The van der Waals surface area contributed by atoms with Gasteiger partial charge in [-0.15, -0.1) is 0 Å². The molecule has 0 saturated carbocycles. The van der Waals surface area contributed by atoms with Crippen molar-refractivity contribution in [2.45, 2.75) is 18.6 Å². The molecule has 0 spiro atoms. The standard InChI is InChI=1S/C12H14F3NO2/c1-16-11(12(13,14)15)8-3-4-9-10(7-8)18-6-2-5-17-9/h3-4,7,11,16H,2,5-6H2,1H3. The third-order valence-electron chi connectivity index (χ3n) is 2.72. The van der Waals surface area contributed by atoms with Gasteiger partial charge in [0.1, 0.15) is 6.04 Å². The van der Waals surface area contributed by atoms with Crippen LogP contribution in [0.2, 0.25) is 0 Å². The Morgan fingerprint density at radius 2 is 1.83 bits per heavy atom. The lowest BCUT2D eigenvalue weighted by molar-refractivity contribution is -0.156. The first-order valence-corrected chi connectivity index (χ1v) is 5.66. The fourth-order valence-electron chi connectivity index (χ4n) is 1.88. The zero-order valence-corrected chi connectivity index (χ0v) is 9.88. The molecule has 0 amide bonds. The maximum Gasteiger partial charge on any atom is 0.407 e. The average molecular weight is 261 g/mol. The zero-order valence-electron chi connectivity index (χ0n) is 9.88. The highest BCUT2D eigenvalue weighted by atomic mass is 19.4. The lowest BCUT2D eigenvalue weighted by Crippen LogP contribution is -2.31. The number of nitrogens with one attached hydrogen (secondary N) is 1. The Bertz CT molecular complexity index is 420. The van der Waals surface area contributed by atoms with Crippen LogP contribution in [0.15, 0.2) is 18.2 Å². The molecule has 0 aliphatic carbocycles. The smallest absolute Gasteiger partial charge is 0.407 e. The van der Waals surface area contributed by atoms with Gasteiger partial charge in [-0.05, 0) is 24.7 Å². The first-order valence-electron chi connectivity index (χ1n) is 5.66. The van der Waals surface area contributed by atoms with Crippen LogP contribution in [0.4, 0.5) is 13.2 Å². The topological polar surface area (TPSA) is 30.5 Å². The van der Waals surface area contributed by atoms with Crippen LogP contribution in [-0.2, 0) is 0 Å². The molecule has 0 fully saturated rings. The summed E-state index contributed by atoms with van der Waals surface area (Å²) in [5.41, 5.74) is 0.120. The zero-order chi connectivity index (χ0) is 13.2. The molecule has 1 aromatic carbocycles. The second-order valence-electron chi connectivity index (χ2n) is 4.02. The lowest BCUT2D eigenvalue weighted by Gasteiger charge is -2.21. The van der Waals surface area contributed by atoms with Gasteiger partial charge >= 0.3 is 6.18 Å². The number of fused-ring (bicyclic) bond motifs is 1. The third-order valence-corrected chi connectivity index (χ3v) is 2.72. The molecule has 1 atom stereocenters. The highest BCUT2D eigenvalue weighted by molar-refractivity contribution is 5.44. The molecule has 1 aliphatic heterocycles. The van der Waals surface area contributed by atoms with E-state index in [-0.39, 0.29) is 5.56 Å². The number of benzene rings is 1. The van der Waals surface area contributed by atoms with E-state index in [4.69, 9.17) is 9.47 Å². The minimum absolute atomic E-state index is 0.120. The lowest BCUT2D eigenvalue weighted by atomic mass is 10.1. The van der Waals surface area contributed by atoms with Gasteiger partial charge < -0.3 is 14.8 Å². The number of rotatable bonds is 2. The van der Waals surface area contributed by atoms with Crippen LogP contribution in [0.3, 0.4) is 0 Å². The van der Waals surface area contributed by atoms with Gasteiger partial charge in [0.2, 0.25) is 0 Å². The molecule has 0 bridgehead atoms. The van der Waals surface area contributed by atoms with E-state index in [1.54, 1.807) is 0 Å². The van der Waals surface area contributed by atoms with Gasteiger partial charge in [0.15, 0.2) is 11.5 Å². The van der Waals surface area contributed by atoms with E-state index >= 15 is 0 Å². The van der Waals surface area contributed by atoms with E-state index < -0.39 is 12.2 Å². The molecule has 3 nitrogen and oxygen atoms in total. The summed E-state index contributed by atoms with van der Waals surface area (Å²) in [7, 11) is 1.28. The summed E-state index contributed by atoms with van der Waals surface area (Å²) < 4.78 is 49.1. The monoisotopic (exact) mass is 261 g/mol. The summed E-state index contributed by atoms with van der Waals surface area (Å²) in [6.07, 6.45) is -3.62. The van der Waals surface area contributed by atoms with E-state index in [0.717, 1.165) is 6.42 Å². The Balaban J connectivity index is 2.32. The Morgan fingerprint density at radius 1 is 1.17 bits per heavy atom. The van der Waals surface area contributed by atoms with Crippen molar-refractivity contribution >= 4 is 0 Å². The van der Waals surface area contributed by atoms with Crippen LogP contribution in [0.5, 0.6) is 11.5 Å². The molecule has 1 unspecified atom stereocenters. The van der Waals surface area contributed by atoms with Crippen molar-refractivity contribution in [2.75, 3.05) is 20.3 Å². The third kappa shape index (κ3) is 2.69. The molecular weight excluding hydrogens is 247 g/mol. The van der Waals surface area contributed by atoms with E-state index in [1.165, 1.54) is 25.2 Å². The van der Waals surface area contributed by atoms with Gasteiger partial charge in [0.05, 0.1) is 13.2 Å². The number of ether oxygens (including phenoxy) is 2. The van der Waals surface area contributed by atoms with Gasteiger partial charge in [-0.3, -0.25) is 0 Å². The van der Waals surface area contributed by atoms with Crippen molar-refractivity contribution in [3.05, 3.63) is 23.8 Å². The molecule has 1 aromatic rings. The van der Waals surface area contributed by atoms with Gasteiger partial charge in [-0.2, -0.15) is 13.2 Å². The summed E-state index contributed by atoms with van der Waals surface area (Å²) in [4.78, 5) is 0. The SMILES string of the molecule is CNC(c1ccc2c(c1)OCCCO2)C(F)(F)F. The average Bonchev–Trinajstić information content (AvgIpc) is 2.52. The van der Waals surface area contributed by atoms with E-state index in [9.17, 15) is 13.2 Å². The second kappa shape index (κ2) is 5.06. The fourth-order valence-corrected chi connectivity index (χ4v) is 1.88. The summed E-state index contributed by atoms with van der Waals surface area (Å²) in [6, 6.07) is 2.61. The molecular formula is C12H14F3NO2. The van der Waals surface area contributed by atoms with Crippen LogP contribution >= 0.6 is 0 Å². The molecule has 2 rings (SSSR count). The Labute approximate surface area is 103 Å². The van der Waals surface area contributed by atoms with E-state index in [2.05, 4.69) is 5.32 Å². The van der Waals surface area contributed by atoms with Gasteiger partial charge in [0, 0.05) is 6.42 Å². The van der Waals surface area contributed by atoms with Gasteiger partial charge in [-0.25, -0.2) is 0 Å². The minimum atomic E-state index is -4.34. The Kier molecular flexibility index (Phi) is 3.65. The summed E-state index contributed by atoms with van der Waals surface area (Å²) in [6.45, 7) is 0.966. The van der Waals surface area contributed by atoms with Crippen LogP contribution < -0.4 is 14.8 Å². The predicted molar refractivity (Wildman–Crippen MR) is 59.9 cm³/mol. The molecule has 6 heteroatoms. The number of hydrogen-bond acceptors (Lipinski definition) is 3. The van der Waals surface area contributed by atoms with Crippen molar-refractivity contribution < 1.29 is 22.6 Å². The number of halogens is 3. The van der Waals surface area contributed by atoms with Crippen LogP contribution in [0.25, 0.3) is 0 Å². The summed E-state index contributed by atoms with van der Waals surface area (Å²) >= 11 is 0. The fraction of sp³-hybridized carbons (Fsp3) is 0.500. The molecule has 0 aromatic heterocycles. The van der Waals surface area contributed by atoms with E-state index in [1.807, 2.05) is 0 Å². The first-order chi connectivity index (χ1) is 8.52. The number of alkyl halides is 3. The van der Waals surface area contributed by atoms with Crippen molar-refractivity contribution in [2.24, 2.45) is 0 Å². The first kappa shape index (κ1) is 13.0. The molecule has 1 N–H and O–H groups in total. The quantitative estimate of drug-likeness (QED) is 0.887. The number of hydrogen-bond donors (Lipinski definition) is 1. The van der Waals surface area contributed by atoms with Crippen molar-refractivity contribution in [1.82, 2.24) is 5.32 Å². The predicted octanol–water partition coefficient (Wildman–Crippen LogP) is 2.67. The largest absolute Gasteiger partial charge is 0.490 e. The van der Waals surface area contributed by atoms with Gasteiger partial charge in [0.25, 0.3) is 0 Å². The molecule has 0 radical (unpaired) electrons. The summed E-state index contributed by atoms with van der Waals surface area (Å²) in [5, 5.41) is 2.26. The maximum atomic E-state index is 12.8. The van der Waals surface area contributed by atoms with Crippen molar-refractivity contribution in [3.8, 4) is 11.5 Å². The highest BCUT2D eigenvalue weighted by Crippen LogP contribution is 2.37. The van der Waals surface area contributed by atoms with Crippen LogP contribution in [0.1, 0.15) is 18.0 Å². The minimum Gasteiger partial charge on any atom is -0.490 e. The van der Waals surface area contributed by atoms with Crippen LogP contribution in [0, 0.1) is 0 Å². The second-order valence-corrected chi connectivity index (χ2v) is 4.02. The van der Waals surface area contributed by atoms with Gasteiger partial charge in [-0.1, -0.05) is 6.07 Å². The maximum absolute atomic E-state index is 12.8. The molecule has 18 heavy (non-hydrogen) atoms. The molecule has 1 heterocycles. The van der Waals surface area contributed by atoms with E-state index in [0.29, 0.717) is 24.7 Å². The van der Waals surface area contributed by atoms with Crippen molar-refractivity contribution in [3.63, 3.8) is 0 Å². The molecule has 1 aliphatic rings. The Morgan fingerprint density at radius 3 is 2.44 bits per heavy atom. The Hall–Kier alpha value is -1.43. The normalized spacial score (nSPS) is 17.1. The van der Waals surface area contributed by atoms with Crippen molar-refractivity contribution in [1.29, 1.82) is 0 Å².